The van der Waals surface area contributed by atoms with E-state index in [0.29, 0.717) is 0 Å². The van der Waals surface area contributed by atoms with Crippen LogP contribution in [0.3, 0.4) is 0 Å². The summed E-state index contributed by atoms with van der Waals surface area (Å²) in [5, 5.41) is 0. The molecule has 3 N–H and O–H groups in total. The van der Waals surface area contributed by atoms with E-state index in [1.54, 1.807) is 0 Å². The molecule has 20 heavy (non-hydrogen) atoms. The van der Waals surface area contributed by atoms with Crippen LogP contribution in [0.15, 0.2) is 18.2 Å². The highest BCUT2D eigenvalue weighted by Gasteiger charge is 2.27. The third-order valence-corrected chi connectivity index (χ3v) is 4.36. The van der Waals surface area contributed by atoms with Gasteiger partial charge in [0, 0.05) is 13.1 Å². The summed E-state index contributed by atoms with van der Waals surface area (Å²) < 4.78 is 5.93. The molecule has 0 aliphatic carbocycles. The SMILES string of the molecule is CCN1CCOC(C(Cc2c(C)cccc2C)NN)C1. The lowest BCUT2D eigenvalue weighted by Gasteiger charge is -2.36. The van der Waals surface area contributed by atoms with Crippen LogP contribution in [0.5, 0.6) is 0 Å². The molecule has 2 atom stereocenters. The normalized spacial score (nSPS) is 21.9. The van der Waals surface area contributed by atoms with E-state index >= 15 is 0 Å². The molecule has 4 heteroatoms. The number of nitrogens with zero attached hydrogens (tertiary/aromatic N) is 1. The lowest BCUT2D eigenvalue weighted by atomic mass is 9.94. The van der Waals surface area contributed by atoms with Crippen LogP contribution < -0.4 is 11.3 Å². The maximum Gasteiger partial charge on any atom is 0.0871 e. The van der Waals surface area contributed by atoms with Crippen molar-refractivity contribution in [3.8, 4) is 0 Å². The molecule has 2 rings (SSSR count). The van der Waals surface area contributed by atoms with Crippen molar-refractivity contribution in [2.45, 2.75) is 39.3 Å². The van der Waals surface area contributed by atoms with Crippen molar-refractivity contribution in [3.63, 3.8) is 0 Å². The third kappa shape index (κ3) is 3.58. The van der Waals surface area contributed by atoms with Crippen molar-refractivity contribution in [1.29, 1.82) is 0 Å². The number of likely N-dealkylation sites (N-methyl/N-ethyl adjacent to an activating group) is 1. The fourth-order valence-corrected chi connectivity index (χ4v) is 2.95. The molecular weight excluding hydrogens is 250 g/mol. The van der Waals surface area contributed by atoms with Gasteiger partial charge in [-0.1, -0.05) is 25.1 Å². The van der Waals surface area contributed by atoms with Crippen molar-refractivity contribution < 1.29 is 4.74 Å². The van der Waals surface area contributed by atoms with Crippen molar-refractivity contribution in [1.82, 2.24) is 10.3 Å². The number of aryl methyl sites for hydroxylation is 2. The van der Waals surface area contributed by atoms with Gasteiger partial charge in [0.25, 0.3) is 0 Å². The Labute approximate surface area is 122 Å². The summed E-state index contributed by atoms with van der Waals surface area (Å²) in [5.41, 5.74) is 7.00. The Balaban J connectivity index is 2.08. The topological polar surface area (TPSA) is 50.5 Å². The van der Waals surface area contributed by atoms with Crippen LogP contribution in [0.4, 0.5) is 0 Å². The zero-order valence-corrected chi connectivity index (χ0v) is 12.9. The Morgan fingerprint density at radius 3 is 2.70 bits per heavy atom. The molecule has 0 radical (unpaired) electrons. The number of hydrazine groups is 1. The molecule has 4 nitrogen and oxygen atoms in total. The first kappa shape index (κ1) is 15.4. The van der Waals surface area contributed by atoms with E-state index in [1.807, 2.05) is 0 Å². The fraction of sp³-hybridized carbons (Fsp3) is 0.625. The standard InChI is InChI=1S/C16H27N3O/c1-4-19-8-9-20-16(11-19)15(18-17)10-14-12(2)6-5-7-13(14)3/h5-7,15-16,18H,4,8-11,17H2,1-3H3. The third-order valence-electron chi connectivity index (χ3n) is 4.36. The molecule has 1 aromatic rings. The second-order valence-corrected chi connectivity index (χ2v) is 5.65. The van der Waals surface area contributed by atoms with Gasteiger partial charge in [0.2, 0.25) is 0 Å². The predicted octanol–water partition coefficient (Wildman–Crippen LogP) is 1.40. The maximum absolute atomic E-state index is 5.93. The van der Waals surface area contributed by atoms with E-state index < -0.39 is 0 Å². The van der Waals surface area contributed by atoms with Gasteiger partial charge in [-0.25, -0.2) is 0 Å². The predicted molar refractivity (Wildman–Crippen MR) is 82.6 cm³/mol. The van der Waals surface area contributed by atoms with Crippen LogP contribution in [0.25, 0.3) is 0 Å². The molecule has 0 amide bonds. The molecule has 112 valence electrons. The Kier molecular flexibility index (Phi) is 5.54. The van der Waals surface area contributed by atoms with Crippen LogP contribution in [-0.4, -0.2) is 43.3 Å². The molecule has 1 fully saturated rings. The Morgan fingerprint density at radius 1 is 1.40 bits per heavy atom. The van der Waals surface area contributed by atoms with Gasteiger partial charge >= 0.3 is 0 Å². The van der Waals surface area contributed by atoms with E-state index in [0.717, 1.165) is 32.7 Å². The van der Waals surface area contributed by atoms with Gasteiger partial charge in [-0.2, -0.15) is 0 Å². The summed E-state index contributed by atoms with van der Waals surface area (Å²) in [4.78, 5) is 2.42. The molecule has 0 bridgehead atoms. The molecule has 1 aliphatic rings. The Bertz CT molecular complexity index is 415. The monoisotopic (exact) mass is 277 g/mol. The van der Waals surface area contributed by atoms with Gasteiger partial charge in [-0.3, -0.25) is 16.2 Å². The van der Waals surface area contributed by atoms with Crippen LogP contribution >= 0.6 is 0 Å². The van der Waals surface area contributed by atoms with E-state index in [-0.39, 0.29) is 12.1 Å². The summed E-state index contributed by atoms with van der Waals surface area (Å²) in [6, 6.07) is 6.59. The van der Waals surface area contributed by atoms with Gasteiger partial charge in [0.1, 0.15) is 0 Å². The molecule has 0 spiro atoms. The van der Waals surface area contributed by atoms with Crippen molar-refractivity contribution in [3.05, 3.63) is 34.9 Å². The van der Waals surface area contributed by atoms with E-state index in [9.17, 15) is 0 Å². The highest BCUT2D eigenvalue weighted by Crippen LogP contribution is 2.18. The molecule has 1 aliphatic heterocycles. The molecule has 0 aromatic heterocycles. The number of nitrogens with one attached hydrogen (secondary N) is 1. The summed E-state index contributed by atoms with van der Waals surface area (Å²) in [6.45, 7) is 10.4. The number of hydrogen-bond acceptors (Lipinski definition) is 4. The summed E-state index contributed by atoms with van der Waals surface area (Å²) in [6.07, 6.45) is 1.07. The van der Waals surface area contributed by atoms with Crippen LogP contribution in [0.2, 0.25) is 0 Å². The number of hydrogen-bond donors (Lipinski definition) is 2. The minimum Gasteiger partial charge on any atom is -0.374 e. The van der Waals surface area contributed by atoms with Crippen LogP contribution in [0.1, 0.15) is 23.6 Å². The summed E-state index contributed by atoms with van der Waals surface area (Å²) >= 11 is 0. The highest BCUT2D eigenvalue weighted by molar-refractivity contribution is 5.34. The smallest absolute Gasteiger partial charge is 0.0871 e. The average molecular weight is 277 g/mol. The van der Waals surface area contributed by atoms with E-state index in [2.05, 4.69) is 49.3 Å². The second-order valence-electron chi connectivity index (χ2n) is 5.65. The van der Waals surface area contributed by atoms with Crippen molar-refractivity contribution in [2.75, 3.05) is 26.2 Å². The summed E-state index contributed by atoms with van der Waals surface area (Å²) in [7, 11) is 0. The van der Waals surface area contributed by atoms with Gasteiger partial charge in [0.15, 0.2) is 0 Å². The Hall–Kier alpha value is -0.940. The zero-order valence-electron chi connectivity index (χ0n) is 12.9. The molecular formula is C16H27N3O. The zero-order chi connectivity index (χ0) is 14.5. The molecule has 2 unspecified atom stereocenters. The number of morpholine rings is 1. The lowest BCUT2D eigenvalue weighted by Crippen LogP contribution is -2.54. The molecule has 1 aromatic carbocycles. The second kappa shape index (κ2) is 7.18. The Morgan fingerprint density at radius 2 is 2.10 bits per heavy atom. The first-order valence-corrected chi connectivity index (χ1v) is 7.50. The summed E-state index contributed by atoms with van der Waals surface area (Å²) in [5.74, 6) is 5.79. The van der Waals surface area contributed by atoms with Gasteiger partial charge in [-0.05, 0) is 43.5 Å². The lowest BCUT2D eigenvalue weighted by molar-refractivity contribution is -0.0448. The van der Waals surface area contributed by atoms with Crippen molar-refractivity contribution in [2.24, 2.45) is 5.84 Å². The van der Waals surface area contributed by atoms with Crippen LogP contribution in [0, 0.1) is 13.8 Å². The minimum absolute atomic E-state index is 0.157. The number of nitrogens with two attached hydrogens (primary N) is 1. The van der Waals surface area contributed by atoms with Gasteiger partial charge in [0.05, 0.1) is 18.8 Å². The molecule has 0 saturated carbocycles. The number of benzene rings is 1. The molecule has 1 heterocycles. The number of ether oxygens (including phenoxy) is 1. The average Bonchev–Trinajstić information content (AvgIpc) is 2.47. The number of rotatable bonds is 5. The fourth-order valence-electron chi connectivity index (χ4n) is 2.95. The largest absolute Gasteiger partial charge is 0.374 e. The first-order chi connectivity index (χ1) is 9.65. The van der Waals surface area contributed by atoms with E-state index in [1.165, 1.54) is 16.7 Å². The minimum atomic E-state index is 0.157. The molecule has 1 saturated heterocycles. The van der Waals surface area contributed by atoms with E-state index in [4.69, 9.17) is 10.6 Å². The highest BCUT2D eigenvalue weighted by atomic mass is 16.5. The van der Waals surface area contributed by atoms with Crippen molar-refractivity contribution >= 4 is 0 Å². The van der Waals surface area contributed by atoms with Gasteiger partial charge < -0.3 is 4.74 Å². The quantitative estimate of drug-likeness (QED) is 0.631. The van der Waals surface area contributed by atoms with Gasteiger partial charge in [-0.15, -0.1) is 0 Å². The van der Waals surface area contributed by atoms with Crippen LogP contribution in [-0.2, 0) is 11.2 Å². The maximum atomic E-state index is 5.93. The first-order valence-electron chi connectivity index (χ1n) is 7.50.